The second-order valence-electron chi connectivity index (χ2n) is 9.23. The van der Waals surface area contributed by atoms with E-state index in [2.05, 4.69) is 44.6 Å². The molecule has 2 N–H and O–H groups in total. The van der Waals surface area contributed by atoms with Crippen molar-refractivity contribution in [3.8, 4) is 10.6 Å². The molecule has 2 aliphatic rings. The van der Waals surface area contributed by atoms with Crippen LogP contribution in [0.4, 0.5) is 0 Å². The van der Waals surface area contributed by atoms with Crippen molar-refractivity contribution >= 4 is 40.8 Å². The van der Waals surface area contributed by atoms with Crippen molar-refractivity contribution in [2.24, 2.45) is 4.99 Å². The van der Waals surface area contributed by atoms with Gasteiger partial charge in [0.1, 0.15) is 18.0 Å². The van der Waals surface area contributed by atoms with Crippen LogP contribution in [0.15, 0.2) is 33.8 Å². The molecule has 2 amide bonds. The fourth-order valence-corrected chi connectivity index (χ4v) is 5.32. The van der Waals surface area contributed by atoms with E-state index in [1.54, 1.807) is 12.1 Å². The summed E-state index contributed by atoms with van der Waals surface area (Å²) in [6, 6.07) is 7.56. The molecule has 196 valence electrons. The molecule has 3 aromatic rings. The quantitative estimate of drug-likeness (QED) is 0.467. The first-order valence-corrected chi connectivity index (χ1v) is 13.4. The Morgan fingerprint density at radius 2 is 2.03 bits per heavy atom. The van der Waals surface area contributed by atoms with Gasteiger partial charge in [-0.3, -0.25) is 19.6 Å². The molecule has 0 unspecified atom stereocenters. The molecule has 1 fully saturated rings. The number of hydrogen-bond acceptors (Lipinski definition) is 9. The minimum atomic E-state index is -0.480. The summed E-state index contributed by atoms with van der Waals surface area (Å²) in [6.07, 6.45) is 1.73. The summed E-state index contributed by atoms with van der Waals surface area (Å²) in [5.41, 5.74) is 0.875. The van der Waals surface area contributed by atoms with E-state index in [0.29, 0.717) is 35.0 Å². The molecule has 11 nitrogen and oxygen atoms in total. The van der Waals surface area contributed by atoms with E-state index in [9.17, 15) is 9.59 Å². The van der Waals surface area contributed by atoms with Crippen LogP contribution in [-0.4, -0.2) is 76.0 Å². The average molecular weight is 546 g/mol. The first-order valence-electron chi connectivity index (χ1n) is 12.2. The number of thiophene rings is 1. The lowest BCUT2D eigenvalue weighted by atomic mass is 10.0. The molecule has 5 heterocycles. The van der Waals surface area contributed by atoms with Crippen molar-refractivity contribution in [3.05, 3.63) is 45.7 Å². The Morgan fingerprint density at radius 3 is 2.70 bits per heavy atom. The first-order chi connectivity index (χ1) is 17.9. The van der Waals surface area contributed by atoms with Gasteiger partial charge in [-0.05, 0) is 38.8 Å². The number of nitrogens with one attached hydrogen (secondary N) is 2. The van der Waals surface area contributed by atoms with E-state index < -0.39 is 5.91 Å². The van der Waals surface area contributed by atoms with Gasteiger partial charge in [0.25, 0.3) is 17.8 Å². The number of ether oxygens (including phenoxy) is 1. The number of piperidine rings is 1. The van der Waals surface area contributed by atoms with Crippen LogP contribution in [0.1, 0.15) is 53.4 Å². The number of aromatic nitrogens is 3. The van der Waals surface area contributed by atoms with Crippen LogP contribution in [0.2, 0.25) is 4.34 Å². The molecule has 2 aliphatic heterocycles. The molecule has 3 aromatic heterocycles. The Balaban J connectivity index is 1.33. The van der Waals surface area contributed by atoms with Gasteiger partial charge in [-0.15, -0.1) is 11.3 Å². The van der Waals surface area contributed by atoms with Crippen LogP contribution >= 0.6 is 22.9 Å². The number of amidine groups is 1. The van der Waals surface area contributed by atoms with Gasteiger partial charge in [-0.2, -0.15) is 5.10 Å². The minimum absolute atomic E-state index is 0.0573. The molecule has 37 heavy (non-hydrogen) atoms. The SMILES string of the molecule is CC(C)N1CCC(NC(=O)c2cc(C(=O)NC3=NCCO3)n(Cc3cc(-c4ccc(Cl)s4)on3)n2)CC1. The number of nitrogens with zero attached hydrogens (tertiary/aromatic N) is 5. The van der Waals surface area contributed by atoms with Crippen LogP contribution in [0, 0.1) is 0 Å². The minimum Gasteiger partial charge on any atom is -0.463 e. The van der Waals surface area contributed by atoms with E-state index in [0.717, 1.165) is 30.8 Å². The summed E-state index contributed by atoms with van der Waals surface area (Å²) >= 11 is 7.41. The van der Waals surface area contributed by atoms with E-state index in [1.807, 2.05) is 6.07 Å². The smallest absolute Gasteiger partial charge is 0.291 e. The highest BCUT2D eigenvalue weighted by Gasteiger charge is 2.26. The van der Waals surface area contributed by atoms with Crippen molar-refractivity contribution in [1.82, 2.24) is 30.5 Å². The summed E-state index contributed by atoms with van der Waals surface area (Å²) in [7, 11) is 0. The maximum Gasteiger partial charge on any atom is 0.291 e. The molecular weight excluding hydrogens is 518 g/mol. The summed E-state index contributed by atoms with van der Waals surface area (Å²) in [6.45, 7) is 7.22. The number of amides is 2. The van der Waals surface area contributed by atoms with E-state index >= 15 is 0 Å². The zero-order chi connectivity index (χ0) is 25.9. The lowest BCUT2D eigenvalue weighted by Crippen LogP contribution is -2.46. The Hall–Kier alpha value is -3.22. The number of carbonyl (C=O) groups excluding carboxylic acids is 2. The fraction of sp³-hybridized carbons (Fsp3) is 0.458. The Bertz CT molecular complexity index is 1310. The van der Waals surface area contributed by atoms with Gasteiger partial charge in [0.05, 0.1) is 22.3 Å². The van der Waals surface area contributed by atoms with E-state index in [1.165, 1.54) is 22.1 Å². The number of carbonyl (C=O) groups is 2. The number of likely N-dealkylation sites (tertiary alicyclic amines) is 1. The van der Waals surface area contributed by atoms with Gasteiger partial charge in [-0.25, -0.2) is 4.99 Å². The molecule has 0 atom stereocenters. The van der Waals surface area contributed by atoms with Crippen LogP contribution < -0.4 is 10.6 Å². The second kappa shape index (κ2) is 11.0. The molecule has 0 radical (unpaired) electrons. The molecule has 0 aromatic carbocycles. The van der Waals surface area contributed by atoms with Gasteiger partial charge in [-0.1, -0.05) is 16.8 Å². The Labute approximate surface area is 222 Å². The summed E-state index contributed by atoms with van der Waals surface area (Å²) in [4.78, 5) is 33.5. The molecular formula is C24H28ClN7O4S. The molecule has 1 saturated heterocycles. The average Bonchev–Trinajstić information content (AvgIpc) is 3.67. The van der Waals surface area contributed by atoms with Crippen molar-refractivity contribution in [2.45, 2.75) is 45.3 Å². The molecule has 0 saturated carbocycles. The predicted octanol–water partition coefficient (Wildman–Crippen LogP) is 3.02. The lowest BCUT2D eigenvalue weighted by Gasteiger charge is -2.34. The van der Waals surface area contributed by atoms with Crippen LogP contribution in [0.5, 0.6) is 0 Å². The van der Waals surface area contributed by atoms with Crippen molar-refractivity contribution < 1.29 is 18.8 Å². The topological polar surface area (TPSA) is 127 Å². The predicted molar refractivity (Wildman–Crippen MR) is 139 cm³/mol. The van der Waals surface area contributed by atoms with Crippen LogP contribution in [-0.2, 0) is 11.3 Å². The standard InChI is InChI=1S/C24H28ClN7O4S/c1-14(2)31-8-5-15(6-9-31)27-22(33)17-12-18(23(34)28-24-26-7-10-35-24)32(29-17)13-16-11-19(36-30-16)20-3-4-21(25)37-20/h3-4,11-12,14-15H,5-10,13H2,1-2H3,(H,27,33)(H,26,28,34). The maximum atomic E-state index is 13.1. The third-order valence-corrected chi connectivity index (χ3v) is 7.58. The summed E-state index contributed by atoms with van der Waals surface area (Å²) in [5.74, 6) is -0.241. The molecule has 13 heteroatoms. The Morgan fingerprint density at radius 1 is 1.22 bits per heavy atom. The van der Waals surface area contributed by atoms with Gasteiger partial charge in [0.2, 0.25) is 0 Å². The number of hydrogen-bond donors (Lipinski definition) is 2. The zero-order valence-electron chi connectivity index (χ0n) is 20.6. The largest absolute Gasteiger partial charge is 0.463 e. The molecule has 0 bridgehead atoms. The molecule has 5 rings (SSSR count). The van der Waals surface area contributed by atoms with E-state index in [4.69, 9.17) is 20.9 Å². The maximum absolute atomic E-state index is 13.1. The normalized spacial score (nSPS) is 16.6. The van der Waals surface area contributed by atoms with Crippen LogP contribution in [0.25, 0.3) is 10.6 Å². The third-order valence-electron chi connectivity index (χ3n) is 6.33. The van der Waals surface area contributed by atoms with Crippen molar-refractivity contribution in [2.75, 3.05) is 26.2 Å². The van der Waals surface area contributed by atoms with Gasteiger partial charge < -0.3 is 19.5 Å². The number of rotatable bonds is 7. The third kappa shape index (κ3) is 6.03. The summed E-state index contributed by atoms with van der Waals surface area (Å²) < 4.78 is 12.8. The highest BCUT2D eigenvalue weighted by molar-refractivity contribution is 7.19. The molecule has 0 spiro atoms. The van der Waals surface area contributed by atoms with E-state index in [-0.39, 0.29) is 35.9 Å². The fourth-order valence-electron chi connectivity index (χ4n) is 4.33. The van der Waals surface area contributed by atoms with Crippen molar-refractivity contribution in [1.29, 1.82) is 0 Å². The highest BCUT2D eigenvalue weighted by Crippen LogP contribution is 2.31. The highest BCUT2D eigenvalue weighted by atomic mass is 35.5. The summed E-state index contributed by atoms with van der Waals surface area (Å²) in [5, 5.41) is 14.3. The Kier molecular flexibility index (Phi) is 7.58. The lowest BCUT2D eigenvalue weighted by molar-refractivity contribution is 0.0893. The monoisotopic (exact) mass is 545 g/mol. The number of halogens is 1. The zero-order valence-corrected chi connectivity index (χ0v) is 22.1. The van der Waals surface area contributed by atoms with Gasteiger partial charge >= 0.3 is 0 Å². The first kappa shape index (κ1) is 25.4. The van der Waals surface area contributed by atoms with Crippen molar-refractivity contribution in [3.63, 3.8) is 0 Å². The molecule has 0 aliphatic carbocycles. The van der Waals surface area contributed by atoms with Crippen LogP contribution in [0.3, 0.4) is 0 Å². The second-order valence-corrected chi connectivity index (χ2v) is 10.9. The van der Waals surface area contributed by atoms with Gasteiger partial charge in [0, 0.05) is 37.3 Å². The number of aliphatic imine (C=N–C) groups is 1. The van der Waals surface area contributed by atoms with Gasteiger partial charge in [0.15, 0.2) is 11.5 Å².